The molecule has 1 heterocycles. The van der Waals surface area contributed by atoms with Crippen molar-refractivity contribution in [1.29, 1.82) is 0 Å². The molecule has 16 heavy (non-hydrogen) atoms. The standard InChI is InChI=1S/C11H14O5/c1-11(2,3)6-15-10(14)8-5-4-7(16-8)9(12)13/h4-5H,6H2,1-3H3,(H,12,13). The lowest BCUT2D eigenvalue weighted by atomic mass is 9.99. The van der Waals surface area contributed by atoms with Gasteiger partial charge in [0.2, 0.25) is 11.5 Å². The van der Waals surface area contributed by atoms with Gasteiger partial charge in [0.1, 0.15) is 0 Å². The van der Waals surface area contributed by atoms with Crippen LogP contribution in [0.4, 0.5) is 0 Å². The number of rotatable bonds is 3. The Labute approximate surface area is 93.0 Å². The largest absolute Gasteiger partial charge is 0.475 e. The molecule has 1 aromatic heterocycles. The molecule has 5 heteroatoms. The lowest BCUT2D eigenvalue weighted by Crippen LogP contribution is -2.18. The fourth-order valence-electron chi connectivity index (χ4n) is 0.916. The summed E-state index contributed by atoms with van der Waals surface area (Å²) in [5.74, 6) is -2.23. The molecule has 1 rings (SSSR count). The zero-order chi connectivity index (χ0) is 12.3. The van der Waals surface area contributed by atoms with Crippen molar-refractivity contribution < 1.29 is 23.8 Å². The first-order valence-electron chi connectivity index (χ1n) is 4.80. The molecule has 0 amide bonds. The minimum atomic E-state index is -1.21. The summed E-state index contributed by atoms with van der Waals surface area (Å²) in [5.41, 5.74) is -0.141. The van der Waals surface area contributed by atoms with Crippen molar-refractivity contribution in [3.05, 3.63) is 23.7 Å². The summed E-state index contributed by atoms with van der Waals surface area (Å²) in [6, 6.07) is 2.50. The molecule has 0 atom stereocenters. The van der Waals surface area contributed by atoms with Crippen molar-refractivity contribution in [1.82, 2.24) is 0 Å². The number of ether oxygens (including phenoxy) is 1. The maximum Gasteiger partial charge on any atom is 0.374 e. The number of carboxylic acid groups (broad SMARTS) is 1. The highest BCUT2D eigenvalue weighted by atomic mass is 16.5. The van der Waals surface area contributed by atoms with Gasteiger partial charge in [-0.1, -0.05) is 20.8 Å². The van der Waals surface area contributed by atoms with Crippen LogP contribution in [0.2, 0.25) is 0 Å². The van der Waals surface area contributed by atoms with Gasteiger partial charge in [0, 0.05) is 0 Å². The van der Waals surface area contributed by atoms with Crippen LogP contribution >= 0.6 is 0 Å². The van der Waals surface area contributed by atoms with Crippen molar-refractivity contribution in [2.75, 3.05) is 6.61 Å². The molecule has 0 fully saturated rings. The van der Waals surface area contributed by atoms with Crippen molar-refractivity contribution in [2.45, 2.75) is 20.8 Å². The van der Waals surface area contributed by atoms with Gasteiger partial charge >= 0.3 is 11.9 Å². The number of aromatic carboxylic acids is 1. The minimum Gasteiger partial charge on any atom is -0.475 e. The Hall–Kier alpha value is -1.78. The van der Waals surface area contributed by atoms with Gasteiger partial charge < -0.3 is 14.3 Å². The summed E-state index contributed by atoms with van der Waals surface area (Å²) < 4.78 is 9.76. The number of furan rings is 1. The van der Waals surface area contributed by atoms with E-state index < -0.39 is 11.9 Å². The van der Waals surface area contributed by atoms with E-state index in [-0.39, 0.29) is 23.5 Å². The molecule has 1 aromatic rings. The third-order valence-electron chi connectivity index (χ3n) is 1.65. The number of carbonyl (C=O) groups excluding carboxylic acids is 1. The molecular weight excluding hydrogens is 212 g/mol. The third kappa shape index (κ3) is 3.42. The summed E-state index contributed by atoms with van der Waals surface area (Å²) in [7, 11) is 0. The zero-order valence-corrected chi connectivity index (χ0v) is 9.44. The van der Waals surface area contributed by atoms with Crippen LogP contribution in [0.15, 0.2) is 16.5 Å². The summed E-state index contributed by atoms with van der Waals surface area (Å²) in [6.07, 6.45) is 0. The number of carbonyl (C=O) groups is 2. The van der Waals surface area contributed by atoms with E-state index in [9.17, 15) is 9.59 Å². The second-order valence-corrected chi connectivity index (χ2v) is 4.61. The van der Waals surface area contributed by atoms with Crippen molar-refractivity contribution in [3.63, 3.8) is 0 Å². The smallest absolute Gasteiger partial charge is 0.374 e. The minimum absolute atomic E-state index is 0.0957. The normalized spacial score (nSPS) is 11.2. The van der Waals surface area contributed by atoms with Gasteiger partial charge in [-0.05, 0) is 17.5 Å². The highest BCUT2D eigenvalue weighted by molar-refractivity contribution is 5.90. The van der Waals surface area contributed by atoms with Gasteiger partial charge in [0.15, 0.2) is 0 Å². The van der Waals surface area contributed by atoms with Crippen LogP contribution in [0.1, 0.15) is 41.9 Å². The fraction of sp³-hybridized carbons (Fsp3) is 0.455. The van der Waals surface area contributed by atoms with Gasteiger partial charge in [-0.2, -0.15) is 0 Å². The van der Waals surface area contributed by atoms with Crippen molar-refractivity contribution >= 4 is 11.9 Å². The molecule has 88 valence electrons. The summed E-state index contributed by atoms with van der Waals surface area (Å²) in [4.78, 5) is 21.9. The van der Waals surface area contributed by atoms with Gasteiger partial charge in [0.25, 0.3) is 0 Å². The van der Waals surface area contributed by atoms with Crippen molar-refractivity contribution in [2.24, 2.45) is 5.41 Å². The molecule has 0 saturated carbocycles. The Morgan fingerprint density at radius 2 is 1.88 bits per heavy atom. The van der Waals surface area contributed by atoms with E-state index in [1.807, 2.05) is 20.8 Å². The first kappa shape index (κ1) is 12.3. The predicted octanol–water partition coefficient (Wildman–Crippen LogP) is 2.18. The van der Waals surface area contributed by atoms with E-state index in [2.05, 4.69) is 0 Å². The number of carboxylic acids is 1. The maximum atomic E-state index is 11.4. The molecule has 0 unspecified atom stereocenters. The molecule has 1 N–H and O–H groups in total. The van der Waals surface area contributed by atoms with E-state index >= 15 is 0 Å². The van der Waals surface area contributed by atoms with Crippen molar-refractivity contribution in [3.8, 4) is 0 Å². The van der Waals surface area contributed by atoms with E-state index in [1.54, 1.807) is 0 Å². The Morgan fingerprint density at radius 3 is 2.31 bits per heavy atom. The van der Waals surface area contributed by atoms with Crippen LogP contribution in [-0.2, 0) is 4.74 Å². The summed E-state index contributed by atoms with van der Waals surface area (Å²) in [6.45, 7) is 6.01. The van der Waals surface area contributed by atoms with Crippen LogP contribution < -0.4 is 0 Å². The summed E-state index contributed by atoms with van der Waals surface area (Å²) >= 11 is 0. The second kappa shape index (κ2) is 4.38. The SMILES string of the molecule is CC(C)(C)COC(=O)c1ccc(C(=O)O)o1. The molecule has 5 nitrogen and oxygen atoms in total. The van der Waals surface area contributed by atoms with Crippen LogP contribution in [0.5, 0.6) is 0 Å². The molecule has 0 aliphatic heterocycles. The third-order valence-corrected chi connectivity index (χ3v) is 1.65. The second-order valence-electron chi connectivity index (χ2n) is 4.61. The van der Waals surface area contributed by atoms with Crippen LogP contribution in [0.25, 0.3) is 0 Å². The molecule has 0 aromatic carbocycles. The molecule has 0 aliphatic rings. The number of esters is 1. The Morgan fingerprint density at radius 1 is 1.31 bits per heavy atom. The lowest BCUT2D eigenvalue weighted by Gasteiger charge is -2.16. The maximum absolute atomic E-state index is 11.4. The molecule has 0 bridgehead atoms. The monoisotopic (exact) mass is 226 g/mol. The zero-order valence-electron chi connectivity index (χ0n) is 9.44. The average Bonchev–Trinajstić information content (AvgIpc) is 2.61. The van der Waals surface area contributed by atoms with E-state index in [0.717, 1.165) is 0 Å². The van der Waals surface area contributed by atoms with Gasteiger partial charge in [-0.3, -0.25) is 0 Å². The Bertz CT molecular complexity index is 397. The molecule has 0 radical (unpaired) electrons. The Balaban J connectivity index is 2.63. The van der Waals surface area contributed by atoms with E-state index in [1.165, 1.54) is 12.1 Å². The molecule has 0 saturated heterocycles. The van der Waals surface area contributed by atoms with Crippen LogP contribution in [0, 0.1) is 5.41 Å². The van der Waals surface area contributed by atoms with Crippen LogP contribution in [-0.4, -0.2) is 23.7 Å². The van der Waals surface area contributed by atoms with E-state index in [0.29, 0.717) is 0 Å². The van der Waals surface area contributed by atoms with Gasteiger partial charge in [0.05, 0.1) is 6.61 Å². The quantitative estimate of drug-likeness (QED) is 0.799. The topological polar surface area (TPSA) is 76.7 Å². The number of hydrogen-bond donors (Lipinski definition) is 1. The van der Waals surface area contributed by atoms with Gasteiger partial charge in [-0.15, -0.1) is 0 Å². The lowest BCUT2D eigenvalue weighted by molar-refractivity contribution is 0.0328. The first-order valence-corrected chi connectivity index (χ1v) is 4.80. The summed E-state index contributed by atoms with van der Waals surface area (Å²) in [5, 5.41) is 8.59. The Kier molecular flexibility index (Phi) is 3.37. The molecular formula is C11H14O5. The number of hydrogen-bond acceptors (Lipinski definition) is 4. The molecule has 0 aliphatic carbocycles. The van der Waals surface area contributed by atoms with Crippen LogP contribution in [0.3, 0.4) is 0 Å². The fourth-order valence-corrected chi connectivity index (χ4v) is 0.916. The predicted molar refractivity (Wildman–Crippen MR) is 55.4 cm³/mol. The van der Waals surface area contributed by atoms with E-state index in [4.69, 9.17) is 14.3 Å². The highest BCUT2D eigenvalue weighted by Crippen LogP contribution is 2.15. The molecule has 0 spiro atoms. The first-order chi connectivity index (χ1) is 7.29. The van der Waals surface area contributed by atoms with Gasteiger partial charge in [-0.25, -0.2) is 9.59 Å². The average molecular weight is 226 g/mol. The highest BCUT2D eigenvalue weighted by Gasteiger charge is 2.19.